The molecule has 7 heteroatoms. The van der Waals surface area contributed by atoms with Crippen molar-refractivity contribution in [2.45, 2.75) is 14.9 Å². The quantitative estimate of drug-likeness (QED) is 0.339. The van der Waals surface area contributed by atoms with Gasteiger partial charge in [-0.25, -0.2) is 0 Å². The van der Waals surface area contributed by atoms with Crippen molar-refractivity contribution in [1.29, 1.82) is 0 Å². The molecule has 0 amide bonds. The van der Waals surface area contributed by atoms with E-state index >= 15 is 0 Å². The van der Waals surface area contributed by atoms with Gasteiger partial charge in [0.25, 0.3) is 0 Å². The fourth-order valence-electron chi connectivity index (χ4n) is 0. The summed E-state index contributed by atoms with van der Waals surface area (Å²) in [6, 6.07) is 0. The van der Waals surface area contributed by atoms with Gasteiger partial charge in [0, 0.05) is 2.85 Å². The summed E-state index contributed by atoms with van der Waals surface area (Å²) in [6.45, 7) is 9.00. The Morgan fingerprint density at radius 2 is 0.833 bits per heavy atom. The summed E-state index contributed by atoms with van der Waals surface area (Å²) in [5.74, 6) is 0. The predicted molar refractivity (Wildman–Crippen MR) is 41.4 cm³/mol. The van der Waals surface area contributed by atoms with E-state index in [9.17, 15) is 0 Å². The SMILES string of the molecule is C.C.O.O.O.O=C=O.[C-]#[O+].[C-]#[O+].[HH].[HH]. The minimum atomic E-state index is 0. The molecule has 0 unspecified atom stereocenters. The Morgan fingerprint density at radius 3 is 0.833 bits per heavy atom. The van der Waals surface area contributed by atoms with E-state index in [2.05, 4.69) is 13.3 Å². The first-order valence-corrected chi connectivity index (χ1v) is 0.816. The van der Waals surface area contributed by atoms with Gasteiger partial charge >= 0.3 is 28.8 Å². The number of hydrogen-bond acceptors (Lipinski definition) is 2. The zero-order valence-electron chi connectivity index (χ0n) is 4.63. The molecule has 0 aliphatic heterocycles. The van der Waals surface area contributed by atoms with Crippen molar-refractivity contribution in [3.05, 3.63) is 13.3 Å². The topological polar surface area (TPSA) is 168 Å². The van der Waals surface area contributed by atoms with Gasteiger partial charge in [-0.05, 0) is 0 Å². The molecule has 0 bridgehead atoms. The Bertz CT molecular complexity index is 80.6. The molecule has 0 rings (SSSR count). The molecule has 7 nitrogen and oxygen atoms in total. The average molecular weight is 190 g/mol. The van der Waals surface area contributed by atoms with E-state index in [1.54, 1.807) is 0 Å². The molecule has 0 saturated heterocycles. The maximum Gasteiger partial charge on any atom is 0 e. The molecular formula is C5H18O7. The summed E-state index contributed by atoms with van der Waals surface area (Å²) in [5.41, 5.74) is 0. The zero-order chi connectivity index (χ0) is 6.71. The van der Waals surface area contributed by atoms with Crippen LogP contribution < -0.4 is 0 Å². The molecule has 0 fully saturated rings. The van der Waals surface area contributed by atoms with Crippen LogP contribution in [0.2, 0.25) is 0 Å². The molecule has 0 spiro atoms. The standard InChI is InChI=1S/CO2.2CO.2CH4.3H2O.2H2/c2-1-3;2*1-2;;;;;;;/h;;;2*1H4;3*1H2;2*1H. The van der Waals surface area contributed by atoms with Gasteiger partial charge in [0.05, 0.1) is 0 Å². The van der Waals surface area contributed by atoms with E-state index in [-0.39, 0.29) is 40.3 Å². The van der Waals surface area contributed by atoms with Crippen molar-refractivity contribution < 1.29 is 38.2 Å². The first kappa shape index (κ1) is 136. The molecule has 0 atom stereocenters. The number of carbonyl (C=O) groups excluding carboxylic acids is 2. The van der Waals surface area contributed by atoms with E-state index in [0.717, 1.165) is 0 Å². The van der Waals surface area contributed by atoms with Crippen LogP contribution in [0.1, 0.15) is 17.7 Å². The third-order valence-electron chi connectivity index (χ3n) is 0. The average Bonchev–Trinajstić information content (AvgIpc) is 1.78. The third kappa shape index (κ3) is 330. The smallest absolute Gasteiger partial charge is 0 e. The van der Waals surface area contributed by atoms with Gasteiger partial charge in [-0.2, -0.15) is 9.59 Å². The minimum absolute atomic E-state index is 0. The van der Waals surface area contributed by atoms with Gasteiger partial charge in [0.15, 0.2) is 0 Å². The Balaban J connectivity index is -0.00000000174. The van der Waals surface area contributed by atoms with Crippen LogP contribution in [0.25, 0.3) is 0 Å². The van der Waals surface area contributed by atoms with E-state index in [1.165, 1.54) is 0 Å². The minimum Gasteiger partial charge on any atom is 0 e. The number of hydrogen-bond donors (Lipinski definition) is 0. The van der Waals surface area contributed by atoms with Gasteiger partial charge in [-0.15, -0.1) is 0 Å². The van der Waals surface area contributed by atoms with Crippen molar-refractivity contribution in [2.24, 2.45) is 0 Å². The fraction of sp³-hybridized carbons (Fsp3) is 0.400. The van der Waals surface area contributed by atoms with Gasteiger partial charge in [-0.3, -0.25) is 0 Å². The summed E-state index contributed by atoms with van der Waals surface area (Å²) < 4.78 is 15.0. The Morgan fingerprint density at radius 1 is 0.833 bits per heavy atom. The van der Waals surface area contributed by atoms with Crippen LogP contribution in [0.4, 0.5) is 0 Å². The van der Waals surface area contributed by atoms with Crippen LogP contribution in [-0.4, -0.2) is 22.6 Å². The monoisotopic (exact) mass is 190 g/mol. The first-order valence-electron chi connectivity index (χ1n) is 0.816. The van der Waals surface area contributed by atoms with Crippen LogP contribution >= 0.6 is 0 Å². The maximum absolute atomic E-state index is 8.12. The molecule has 0 aliphatic rings. The molecule has 12 heavy (non-hydrogen) atoms. The molecule has 80 valence electrons. The van der Waals surface area contributed by atoms with Gasteiger partial charge in [-0.1, -0.05) is 14.9 Å². The normalized spacial score (nSPS) is 1.00. The van der Waals surface area contributed by atoms with Crippen molar-refractivity contribution >= 4 is 6.15 Å². The second kappa shape index (κ2) is 11000. The molecule has 0 radical (unpaired) electrons. The maximum atomic E-state index is 8.12. The van der Waals surface area contributed by atoms with E-state index in [1.807, 2.05) is 0 Å². The van der Waals surface area contributed by atoms with E-state index < -0.39 is 0 Å². The van der Waals surface area contributed by atoms with Crippen molar-refractivity contribution in [3.8, 4) is 0 Å². The molecule has 0 aromatic carbocycles. The fourth-order valence-corrected chi connectivity index (χ4v) is 0. The Labute approximate surface area is 73.7 Å². The van der Waals surface area contributed by atoms with Crippen LogP contribution in [0.5, 0.6) is 0 Å². The summed E-state index contributed by atoms with van der Waals surface area (Å²) in [6.07, 6.45) is 0.250. The van der Waals surface area contributed by atoms with E-state index in [4.69, 9.17) is 18.9 Å². The van der Waals surface area contributed by atoms with Crippen LogP contribution in [0.15, 0.2) is 0 Å². The summed E-state index contributed by atoms with van der Waals surface area (Å²) in [4.78, 5) is 16.2. The molecule has 6 N–H and O–H groups in total. The van der Waals surface area contributed by atoms with Gasteiger partial charge in [0.1, 0.15) is 0 Å². The first-order chi connectivity index (χ1) is 3.41. The van der Waals surface area contributed by atoms with E-state index in [0.29, 0.717) is 0 Å². The van der Waals surface area contributed by atoms with Crippen LogP contribution in [-0.2, 0) is 18.9 Å². The second-order valence-corrected chi connectivity index (χ2v) is 0.0833. The Hall–Kier alpha value is -1.26. The van der Waals surface area contributed by atoms with Crippen LogP contribution in [0, 0.1) is 13.3 Å². The zero-order valence-corrected chi connectivity index (χ0v) is 4.63. The Kier molecular flexibility index (Phi) is 124000. The molecule has 0 aromatic rings. The summed E-state index contributed by atoms with van der Waals surface area (Å²) >= 11 is 0. The predicted octanol–water partition coefficient (Wildman–Crippen LogP) is -1.37. The molecule has 0 aromatic heterocycles. The number of rotatable bonds is 0. The van der Waals surface area contributed by atoms with Crippen LogP contribution in [0.3, 0.4) is 0 Å². The van der Waals surface area contributed by atoms with Gasteiger partial charge in [0.2, 0.25) is 0 Å². The molecule has 0 aliphatic carbocycles. The largest absolute Gasteiger partial charge is 0 e. The van der Waals surface area contributed by atoms with Crippen molar-refractivity contribution in [1.82, 2.24) is 0 Å². The molecule has 0 saturated carbocycles. The third-order valence-corrected chi connectivity index (χ3v) is 0. The van der Waals surface area contributed by atoms with Crippen molar-refractivity contribution in [2.75, 3.05) is 0 Å². The summed E-state index contributed by atoms with van der Waals surface area (Å²) in [7, 11) is 0. The second-order valence-electron chi connectivity index (χ2n) is 0.0833. The van der Waals surface area contributed by atoms with Crippen molar-refractivity contribution in [3.63, 3.8) is 0 Å². The van der Waals surface area contributed by atoms with Gasteiger partial charge < -0.3 is 16.4 Å². The molecule has 0 heterocycles. The molecular weight excluding hydrogens is 172 g/mol. The summed E-state index contributed by atoms with van der Waals surface area (Å²) in [5, 5.41) is 0.